The van der Waals surface area contributed by atoms with Gasteiger partial charge in [-0.1, -0.05) is 26.0 Å². The van der Waals surface area contributed by atoms with Gasteiger partial charge in [-0.3, -0.25) is 0 Å². The molecule has 1 aliphatic heterocycles. The van der Waals surface area contributed by atoms with Crippen LogP contribution in [-0.4, -0.2) is 0 Å². The second-order valence-corrected chi connectivity index (χ2v) is 15.0. The van der Waals surface area contributed by atoms with Crippen molar-refractivity contribution in [3.63, 3.8) is 0 Å². The third-order valence-electron chi connectivity index (χ3n) is 12.8. The van der Waals surface area contributed by atoms with Gasteiger partial charge < -0.3 is 4.74 Å². The molecule has 0 saturated heterocycles. The van der Waals surface area contributed by atoms with Crippen LogP contribution in [0.5, 0.6) is 5.75 Å². The van der Waals surface area contributed by atoms with Crippen molar-refractivity contribution in [2.75, 3.05) is 0 Å². The Labute approximate surface area is 271 Å². The summed E-state index contributed by atoms with van der Waals surface area (Å²) in [6.07, 6.45) is 9.02. The fourth-order valence-corrected chi connectivity index (χ4v) is 9.12. The molecule has 45 heavy (non-hydrogen) atoms. The first-order valence-corrected chi connectivity index (χ1v) is 16.6. The number of hydrogen-bond acceptors (Lipinski definition) is 1. The molecule has 230 valence electrons. The first kappa shape index (κ1) is 29.8. The van der Waals surface area contributed by atoms with Crippen LogP contribution in [0.4, 0.5) is 0 Å². The lowest BCUT2D eigenvalue weighted by atomic mass is 9.61. The molecule has 1 spiro atoms. The Kier molecular flexibility index (Phi) is 6.20. The topological polar surface area (TPSA) is 9.23 Å². The van der Waals surface area contributed by atoms with Gasteiger partial charge in [-0.05, 0) is 213 Å². The molecule has 3 aliphatic rings. The third-order valence-corrected chi connectivity index (χ3v) is 12.8. The standard InChI is InChI=1S/C44H48O/c1-21-22(2)28(8)38-37(27(21)7)39-29(9)23(3)25(5)31(11)41(39)44(42-32(12)26(6)24(4)30(10)40(38)42)17-18-45-36-19-33-15-16-43(13,14)34(33)20-35(36)44/h15-20H,1-14H3. The van der Waals surface area contributed by atoms with Gasteiger partial charge in [0.25, 0.3) is 0 Å². The average Bonchev–Trinajstić information content (AvgIpc) is 3.25. The van der Waals surface area contributed by atoms with Crippen molar-refractivity contribution in [1.29, 1.82) is 0 Å². The van der Waals surface area contributed by atoms with Crippen LogP contribution in [0.1, 0.15) is 108 Å². The molecule has 0 unspecified atom stereocenters. The number of allylic oxidation sites excluding steroid dienone is 2. The second-order valence-electron chi connectivity index (χ2n) is 15.0. The van der Waals surface area contributed by atoms with E-state index in [1.165, 1.54) is 117 Å². The fraction of sp³-hybridized carbons (Fsp3) is 0.364. The molecule has 7 rings (SSSR count). The summed E-state index contributed by atoms with van der Waals surface area (Å²) < 4.78 is 6.51. The highest BCUT2D eigenvalue weighted by molar-refractivity contribution is 6.00. The molecule has 1 heteroatoms. The Morgan fingerprint density at radius 1 is 0.444 bits per heavy atom. The highest BCUT2D eigenvalue weighted by Crippen LogP contribution is 2.62. The van der Waals surface area contributed by atoms with Gasteiger partial charge in [-0.25, -0.2) is 0 Å². The van der Waals surface area contributed by atoms with E-state index in [4.69, 9.17) is 4.74 Å². The Hall–Kier alpha value is -3.84. The summed E-state index contributed by atoms with van der Waals surface area (Å²) in [5, 5.41) is 0. The van der Waals surface area contributed by atoms with Crippen molar-refractivity contribution in [3.05, 3.63) is 125 Å². The highest BCUT2D eigenvalue weighted by atomic mass is 16.5. The van der Waals surface area contributed by atoms with Gasteiger partial charge in [0.1, 0.15) is 5.75 Å². The number of hydrogen-bond donors (Lipinski definition) is 0. The Bertz CT molecular complexity index is 2000. The van der Waals surface area contributed by atoms with Gasteiger partial charge in [0.2, 0.25) is 0 Å². The van der Waals surface area contributed by atoms with E-state index in [1.54, 1.807) is 0 Å². The van der Waals surface area contributed by atoms with E-state index >= 15 is 0 Å². The number of fused-ring (bicyclic) bond motifs is 10. The lowest BCUT2D eigenvalue weighted by Crippen LogP contribution is -2.34. The largest absolute Gasteiger partial charge is 0.465 e. The molecule has 0 saturated carbocycles. The summed E-state index contributed by atoms with van der Waals surface area (Å²) in [4.78, 5) is 0. The lowest BCUT2D eigenvalue weighted by molar-refractivity contribution is 0.443. The quantitative estimate of drug-likeness (QED) is 0.197. The van der Waals surface area contributed by atoms with Gasteiger partial charge in [0.15, 0.2) is 0 Å². The van der Waals surface area contributed by atoms with Crippen molar-refractivity contribution in [2.24, 2.45) is 0 Å². The van der Waals surface area contributed by atoms with E-state index in [2.05, 4.69) is 127 Å². The molecule has 0 radical (unpaired) electrons. The van der Waals surface area contributed by atoms with Crippen LogP contribution in [0.15, 0.2) is 30.5 Å². The van der Waals surface area contributed by atoms with Gasteiger partial charge in [-0.15, -0.1) is 0 Å². The van der Waals surface area contributed by atoms with E-state index in [0.29, 0.717) is 0 Å². The first-order valence-electron chi connectivity index (χ1n) is 16.6. The molecule has 0 aromatic heterocycles. The molecule has 0 fully saturated rings. The highest BCUT2D eigenvalue weighted by Gasteiger charge is 2.49. The molecular formula is C44H48O. The zero-order valence-corrected chi connectivity index (χ0v) is 29.9. The van der Waals surface area contributed by atoms with E-state index in [0.717, 1.165) is 5.75 Å². The van der Waals surface area contributed by atoms with Crippen LogP contribution >= 0.6 is 0 Å². The van der Waals surface area contributed by atoms with Crippen molar-refractivity contribution in [3.8, 4) is 28.0 Å². The molecule has 0 amide bonds. The fourth-order valence-electron chi connectivity index (χ4n) is 9.12. The second kappa shape index (κ2) is 9.35. The number of benzene rings is 4. The van der Waals surface area contributed by atoms with Crippen molar-refractivity contribution in [1.82, 2.24) is 0 Å². The zero-order chi connectivity index (χ0) is 32.7. The Morgan fingerprint density at radius 3 is 1.33 bits per heavy atom. The van der Waals surface area contributed by atoms with Crippen LogP contribution in [0.25, 0.3) is 28.3 Å². The molecule has 1 heterocycles. The minimum atomic E-state index is -0.535. The minimum absolute atomic E-state index is 0.0459. The summed E-state index contributed by atoms with van der Waals surface area (Å²) in [7, 11) is 0. The van der Waals surface area contributed by atoms with Gasteiger partial charge >= 0.3 is 0 Å². The van der Waals surface area contributed by atoms with Gasteiger partial charge in [0.05, 0.1) is 11.7 Å². The smallest absolute Gasteiger partial charge is 0.131 e. The molecule has 0 bridgehead atoms. The van der Waals surface area contributed by atoms with Crippen LogP contribution in [0.3, 0.4) is 0 Å². The summed E-state index contributed by atoms with van der Waals surface area (Å²) in [6.45, 7) is 32.8. The third kappa shape index (κ3) is 3.51. The monoisotopic (exact) mass is 592 g/mol. The summed E-state index contributed by atoms with van der Waals surface area (Å²) in [5.41, 5.74) is 28.5. The normalized spacial score (nSPS) is 16.1. The molecular weight excluding hydrogens is 544 g/mol. The van der Waals surface area contributed by atoms with Crippen LogP contribution < -0.4 is 4.74 Å². The first-order chi connectivity index (χ1) is 21.1. The average molecular weight is 593 g/mol. The molecule has 0 N–H and O–H groups in total. The molecule has 1 nitrogen and oxygen atoms in total. The van der Waals surface area contributed by atoms with Crippen molar-refractivity contribution in [2.45, 2.75) is 108 Å². The molecule has 2 aliphatic carbocycles. The SMILES string of the molecule is Cc1c(C)c(C)c2c(c1C)-c1c(C)c(C)c(C)c(C)c1C1(C=COc3cc4c(cc31)C(C)(C)C=C4)c1c(C)c(C)c(C)c(C)c1-2. The number of rotatable bonds is 0. The van der Waals surface area contributed by atoms with Gasteiger partial charge in [-0.2, -0.15) is 0 Å². The predicted octanol–water partition coefficient (Wildman–Crippen LogP) is 11.6. The van der Waals surface area contributed by atoms with Gasteiger partial charge in [0, 0.05) is 11.0 Å². The number of ether oxygens (including phenoxy) is 1. The maximum atomic E-state index is 6.51. The van der Waals surface area contributed by atoms with E-state index < -0.39 is 5.41 Å². The van der Waals surface area contributed by atoms with Crippen LogP contribution in [0.2, 0.25) is 0 Å². The molecule has 0 atom stereocenters. The van der Waals surface area contributed by atoms with E-state index in [-0.39, 0.29) is 5.41 Å². The predicted molar refractivity (Wildman–Crippen MR) is 192 cm³/mol. The van der Waals surface area contributed by atoms with Crippen LogP contribution in [0, 0.1) is 83.1 Å². The van der Waals surface area contributed by atoms with E-state index in [1.807, 2.05) is 6.26 Å². The minimum Gasteiger partial charge on any atom is -0.465 e. The Morgan fingerprint density at radius 2 is 0.867 bits per heavy atom. The molecule has 4 aromatic carbocycles. The van der Waals surface area contributed by atoms with Crippen LogP contribution in [-0.2, 0) is 10.8 Å². The summed E-state index contributed by atoms with van der Waals surface area (Å²) in [6, 6.07) is 4.80. The van der Waals surface area contributed by atoms with Crippen molar-refractivity contribution < 1.29 is 4.74 Å². The summed E-state index contributed by atoms with van der Waals surface area (Å²) >= 11 is 0. The maximum Gasteiger partial charge on any atom is 0.131 e. The molecule has 4 aromatic rings. The maximum absolute atomic E-state index is 6.51. The summed E-state index contributed by atoms with van der Waals surface area (Å²) in [5.74, 6) is 0.966. The Balaban J connectivity index is 1.86. The lowest BCUT2D eigenvalue weighted by Gasteiger charge is -2.42. The van der Waals surface area contributed by atoms with Crippen molar-refractivity contribution >= 4 is 6.08 Å². The zero-order valence-electron chi connectivity index (χ0n) is 29.9. The van der Waals surface area contributed by atoms with E-state index in [9.17, 15) is 0 Å².